The molecule has 2 rings (SSSR count). The van der Waals surface area contributed by atoms with Gasteiger partial charge in [-0.15, -0.1) is 0 Å². The Hall–Kier alpha value is -1.37. The van der Waals surface area contributed by atoms with Gasteiger partial charge in [-0.05, 0) is 30.5 Å². The van der Waals surface area contributed by atoms with Crippen LogP contribution in [0.3, 0.4) is 0 Å². The molecule has 0 saturated carbocycles. The zero-order chi connectivity index (χ0) is 9.26. The highest BCUT2D eigenvalue weighted by Gasteiger charge is 2.06. The minimum Gasteiger partial charge on any atom is -0.268 e. The molecule has 0 fully saturated rings. The van der Waals surface area contributed by atoms with E-state index in [0.29, 0.717) is 0 Å². The predicted octanol–water partition coefficient (Wildman–Crippen LogP) is 3.12. The summed E-state index contributed by atoms with van der Waals surface area (Å²) >= 11 is 0. The van der Waals surface area contributed by atoms with E-state index >= 15 is 0 Å². The second-order valence-corrected chi connectivity index (χ2v) is 3.51. The maximum absolute atomic E-state index is 4.12. The lowest BCUT2D eigenvalue weighted by Gasteiger charge is -2.06. The summed E-state index contributed by atoms with van der Waals surface area (Å²) in [5.74, 6) is 0. The first-order chi connectivity index (χ1) is 6.27. The van der Waals surface area contributed by atoms with E-state index in [-0.39, 0.29) is 0 Å². The zero-order valence-corrected chi connectivity index (χ0v) is 8.04. The van der Waals surface area contributed by atoms with Crippen LogP contribution in [0.1, 0.15) is 23.1 Å². The minimum atomic E-state index is 0.976. The molecule has 13 heavy (non-hydrogen) atoms. The lowest BCUT2D eigenvalue weighted by atomic mass is 9.98. The van der Waals surface area contributed by atoms with E-state index in [1.54, 1.807) is 0 Å². The van der Waals surface area contributed by atoms with E-state index in [2.05, 4.69) is 37.0 Å². The normalized spacial score (nSPS) is 14.8. The second kappa shape index (κ2) is 3.17. The molecule has 1 aromatic rings. The van der Waals surface area contributed by atoms with E-state index < -0.39 is 0 Å². The van der Waals surface area contributed by atoms with Crippen LogP contribution in [-0.4, -0.2) is 6.21 Å². The Morgan fingerprint density at radius 1 is 1.23 bits per heavy atom. The van der Waals surface area contributed by atoms with Gasteiger partial charge in [0.15, 0.2) is 0 Å². The van der Waals surface area contributed by atoms with Crippen molar-refractivity contribution in [3.05, 3.63) is 41.1 Å². The zero-order valence-electron chi connectivity index (χ0n) is 8.04. The average Bonchev–Trinajstić information content (AvgIpc) is 2.56. The van der Waals surface area contributed by atoms with E-state index in [4.69, 9.17) is 0 Å². The lowest BCUT2D eigenvalue weighted by molar-refractivity contribution is 1.34. The molecule has 0 spiro atoms. The fraction of sp³-hybridized carbons (Fsp3) is 0.250. The molecular weight excluding hydrogens is 158 g/mol. The van der Waals surface area contributed by atoms with Gasteiger partial charge in [-0.25, -0.2) is 0 Å². The van der Waals surface area contributed by atoms with Crippen molar-refractivity contribution >= 4 is 11.8 Å². The predicted molar refractivity (Wildman–Crippen MR) is 57.0 cm³/mol. The number of aliphatic imine (C=N–C) groups is 1. The Bertz CT molecular complexity index is 386. The summed E-state index contributed by atoms with van der Waals surface area (Å²) in [6.07, 6.45) is 4.89. The molecule has 0 N–H and O–H groups in total. The van der Waals surface area contributed by atoms with Crippen LogP contribution < -0.4 is 0 Å². The molecule has 0 atom stereocenters. The topological polar surface area (TPSA) is 12.4 Å². The van der Waals surface area contributed by atoms with Crippen molar-refractivity contribution in [2.24, 2.45) is 4.99 Å². The van der Waals surface area contributed by atoms with Gasteiger partial charge in [0.1, 0.15) is 0 Å². The molecule has 0 aliphatic carbocycles. The molecular formula is C12H13N. The Kier molecular flexibility index (Phi) is 2.01. The first-order valence-corrected chi connectivity index (χ1v) is 4.55. The number of hydrogen-bond acceptors (Lipinski definition) is 1. The molecule has 0 amide bonds. The number of aryl methyl sites for hydroxylation is 2. The van der Waals surface area contributed by atoms with Crippen molar-refractivity contribution < 1.29 is 0 Å². The molecule has 0 bridgehead atoms. The van der Waals surface area contributed by atoms with Crippen molar-refractivity contribution in [3.8, 4) is 0 Å². The fourth-order valence-corrected chi connectivity index (χ4v) is 1.70. The molecule has 1 heteroatoms. The van der Waals surface area contributed by atoms with Crippen LogP contribution in [0.2, 0.25) is 0 Å². The Morgan fingerprint density at radius 2 is 2.08 bits per heavy atom. The van der Waals surface area contributed by atoms with E-state index in [1.165, 1.54) is 22.3 Å². The fourth-order valence-electron chi connectivity index (χ4n) is 1.70. The highest BCUT2D eigenvalue weighted by molar-refractivity contribution is 5.85. The van der Waals surface area contributed by atoms with Gasteiger partial charge in [-0.3, -0.25) is 4.99 Å². The van der Waals surface area contributed by atoms with Gasteiger partial charge >= 0.3 is 0 Å². The molecule has 0 saturated heterocycles. The molecule has 1 aliphatic rings. The van der Waals surface area contributed by atoms with Crippen molar-refractivity contribution in [1.29, 1.82) is 0 Å². The van der Waals surface area contributed by atoms with Gasteiger partial charge in [0, 0.05) is 18.8 Å². The third-order valence-corrected chi connectivity index (χ3v) is 2.37. The quantitative estimate of drug-likeness (QED) is 0.615. The monoisotopic (exact) mass is 171 g/mol. The first-order valence-electron chi connectivity index (χ1n) is 4.55. The van der Waals surface area contributed by atoms with Crippen LogP contribution in [0, 0.1) is 13.8 Å². The van der Waals surface area contributed by atoms with Gasteiger partial charge in [-0.2, -0.15) is 0 Å². The van der Waals surface area contributed by atoms with E-state index in [0.717, 1.165) is 6.42 Å². The molecule has 1 aliphatic heterocycles. The van der Waals surface area contributed by atoms with Gasteiger partial charge in [-0.1, -0.05) is 23.8 Å². The third-order valence-electron chi connectivity index (χ3n) is 2.37. The van der Waals surface area contributed by atoms with Crippen molar-refractivity contribution in [2.75, 3.05) is 0 Å². The van der Waals surface area contributed by atoms with Gasteiger partial charge in [0.2, 0.25) is 0 Å². The Labute approximate surface area is 78.8 Å². The van der Waals surface area contributed by atoms with Crippen molar-refractivity contribution in [2.45, 2.75) is 20.3 Å². The maximum atomic E-state index is 4.12. The minimum absolute atomic E-state index is 0.976. The molecule has 66 valence electrons. The average molecular weight is 171 g/mol. The summed E-state index contributed by atoms with van der Waals surface area (Å²) in [6, 6.07) is 6.56. The number of nitrogens with zero attached hydrogens (tertiary/aromatic N) is 1. The van der Waals surface area contributed by atoms with E-state index in [1.807, 2.05) is 12.4 Å². The molecule has 1 aromatic carbocycles. The van der Waals surface area contributed by atoms with Crippen LogP contribution in [0.4, 0.5) is 0 Å². The summed E-state index contributed by atoms with van der Waals surface area (Å²) in [5, 5.41) is 0. The largest absolute Gasteiger partial charge is 0.268 e. The first kappa shape index (κ1) is 8.24. The highest BCUT2D eigenvalue weighted by atomic mass is 14.7. The number of allylic oxidation sites excluding steroid dienone is 1. The summed E-state index contributed by atoms with van der Waals surface area (Å²) in [4.78, 5) is 4.12. The number of hydrogen-bond donors (Lipinski definition) is 0. The molecule has 0 radical (unpaired) electrons. The van der Waals surface area contributed by atoms with E-state index in [9.17, 15) is 0 Å². The van der Waals surface area contributed by atoms with Crippen molar-refractivity contribution in [1.82, 2.24) is 0 Å². The molecule has 1 heterocycles. The van der Waals surface area contributed by atoms with Gasteiger partial charge in [0.25, 0.3) is 0 Å². The molecule has 0 aromatic heterocycles. The standard InChI is InChI=1S/C12H13N/c1-9-3-4-12(10(2)7-9)11-5-6-13-8-11/h3-4,6-8H,5H2,1-2H3. The Morgan fingerprint density at radius 3 is 2.69 bits per heavy atom. The summed E-state index contributed by atoms with van der Waals surface area (Å²) in [5.41, 5.74) is 5.33. The van der Waals surface area contributed by atoms with Gasteiger partial charge < -0.3 is 0 Å². The summed E-state index contributed by atoms with van der Waals surface area (Å²) in [7, 11) is 0. The van der Waals surface area contributed by atoms with Gasteiger partial charge in [0.05, 0.1) is 0 Å². The van der Waals surface area contributed by atoms with Crippen LogP contribution in [0.25, 0.3) is 5.57 Å². The number of benzene rings is 1. The smallest absolute Gasteiger partial charge is 0.0305 e. The summed E-state index contributed by atoms with van der Waals surface area (Å²) in [6.45, 7) is 4.28. The SMILES string of the molecule is Cc1ccc(C2=CN=CC2)c(C)c1. The Balaban J connectivity index is 2.41. The molecule has 0 unspecified atom stereocenters. The van der Waals surface area contributed by atoms with Crippen LogP contribution >= 0.6 is 0 Å². The van der Waals surface area contributed by atoms with Crippen LogP contribution in [-0.2, 0) is 0 Å². The summed E-state index contributed by atoms with van der Waals surface area (Å²) < 4.78 is 0. The third kappa shape index (κ3) is 1.55. The number of rotatable bonds is 1. The van der Waals surface area contributed by atoms with Crippen molar-refractivity contribution in [3.63, 3.8) is 0 Å². The van der Waals surface area contributed by atoms with Crippen LogP contribution in [0.15, 0.2) is 29.4 Å². The lowest BCUT2D eigenvalue weighted by Crippen LogP contribution is -1.88. The maximum Gasteiger partial charge on any atom is 0.0305 e. The molecule has 1 nitrogen and oxygen atoms in total. The highest BCUT2D eigenvalue weighted by Crippen LogP contribution is 2.24. The van der Waals surface area contributed by atoms with Crippen LogP contribution in [0.5, 0.6) is 0 Å². The second-order valence-electron chi connectivity index (χ2n) is 3.51.